The highest BCUT2D eigenvalue weighted by Crippen LogP contribution is 1.98. The standard InChI is InChI=1S/C8H18O3.12C6H12/c1-2-3-4-5-11-7-8(10)6-9;12*1-3-5-6-4-2/h8-10H,2-7H2,1H3;12*3H,1,4-6H2,2H3. The van der Waals surface area contributed by atoms with E-state index in [0.717, 1.165) is 12.8 Å². The fraction of sp³-hybridized carbons (Fsp3) is 0.700. The highest BCUT2D eigenvalue weighted by Gasteiger charge is 2.00. The molecule has 2 N–H and O–H groups in total. The van der Waals surface area contributed by atoms with Gasteiger partial charge in [0.15, 0.2) is 0 Å². The molecule has 0 rings (SSSR count). The van der Waals surface area contributed by atoms with Gasteiger partial charge in [0.05, 0.1) is 13.2 Å². The fourth-order valence-electron chi connectivity index (χ4n) is 4.91. The predicted molar refractivity (Wildman–Crippen MR) is 400 cm³/mol. The van der Waals surface area contributed by atoms with Gasteiger partial charge in [0, 0.05) is 6.61 Å². The molecule has 0 amide bonds. The van der Waals surface area contributed by atoms with E-state index in [4.69, 9.17) is 14.9 Å². The Kier molecular flexibility index (Phi) is 212. The molecular formula is C80H162O3. The summed E-state index contributed by atoms with van der Waals surface area (Å²) in [6, 6.07) is 0. The Bertz CT molecular complexity index is 779. The largest absolute Gasteiger partial charge is 0.394 e. The average molecular weight is 1170 g/mol. The van der Waals surface area contributed by atoms with Crippen LogP contribution in [0.1, 0.15) is 340 Å². The number of aliphatic hydroxyl groups is 2. The van der Waals surface area contributed by atoms with Crippen LogP contribution in [0.2, 0.25) is 0 Å². The maximum atomic E-state index is 8.84. The Morgan fingerprint density at radius 1 is 0.241 bits per heavy atom. The molecule has 0 radical (unpaired) electrons. The third-order valence-corrected chi connectivity index (χ3v) is 10.6. The summed E-state index contributed by atoms with van der Waals surface area (Å²) in [5.74, 6) is 0. The Morgan fingerprint density at radius 3 is 0.458 bits per heavy atom. The van der Waals surface area contributed by atoms with Gasteiger partial charge in [-0.2, -0.15) is 0 Å². The van der Waals surface area contributed by atoms with Gasteiger partial charge in [-0.25, -0.2) is 0 Å². The van der Waals surface area contributed by atoms with Gasteiger partial charge in [0.25, 0.3) is 0 Å². The van der Waals surface area contributed by atoms with Gasteiger partial charge in [0.2, 0.25) is 0 Å². The number of hydrogen-bond donors (Lipinski definition) is 2. The molecule has 0 aromatic carbocycles. The van der Waals surface area contributed by atoms with E-state index in [9.17, 15) is 0 Å². The van der Waals surface area contributed by atoms with Crippen LogP contribution in [0.5, 0.6) is 0 Å². The maximum absolute atomic E-state index is 8.84. The monoisotopic (exact) mass is 1170 g/mol. The summed E-state index contributed by atoms with van der Waals surface area (Å²) >= 11 is 0. The van der Waals surface area contributed by atoms with Crippen LogP contribution in [0.4, 0.5) is 0 Å². The topological polar surface area (TPSA) is 49.7 Å². The van der Waals surface area contributed by atoms with E-state index < -0.39 is 6.10 Å². The van der Waals surface area contributed by atoms with Crippen molar-refractivity contribution < 1.29 is 14.9 Å². The van der Waals surface area contributed by atoms with Crippen molar-refractivity contribution in [2.45, 2.75) is 347 Å². The van der Waals surface area contributed by atoms with Crippen molar-refractivity contribution in [2.75, 3.05) is 19.8 Å². The van der Waals surface area contributed by atoms with Crippen LogP contribution in [-0.4, -0.2) is 36.1 Å². The van der Waals surface area contributed by atoms with Crippen molar-refractivity contribution in [3.8, 4) is 0 Å². The molecule has 3 nitrogen and oxygen atoms in total. The second kappa shape index (κ2) is 159. The number of ether oxygens (including phenoxy) is 1. The molecule has 0 saturated carbocycles. The molecule has 0 spiro atoms. The molecule has 0 aromatic heterocycles. The van der Waals surface area contributed by atoms with Crippen molar-refractivity contribution in [3.05, 3.63) is 152 Å². The lowest BCUT2D eigenvalue weighted by Crippen LogP contribution is -2.19. The zero-order chi connectivity index (χ0) is 66.5. The number of aliphatic hydroxyl groups excluding tert-OH is 2. The second-order valence-corrected chi connectivity index (χ2v) is 19.8. The first-order valence-corrected chi connectivity index (χ1v) is 34.5. The minimum absolute atomic E-state index is 0.215. The summed E-state index contributed by atoms with van der Waals surface area (Å²) < 4.78 is 5.08. The second-order valence-electron chi connectivity index (χ2n) is 19.8. The van der Waals surface area contributed by atoms with Gasteiger partial charge < -0.3 is 14.9 Å². The van der Waals surface area contributed by atoms with Crippen LogP contribution >= 0.6 is 0 Å². The minimum atomic E-state index is -0.711. The Labute approximate surface area is 530 Å². The first-order chi connectivity index (χ1) is 40.3. The molecule has 0 aliphatic heterocycles. The van der Waals surface area contributed by atoms with E-state index in [1.165, 1.54) is 238 Å². The molecule has 0 bridgehead atoms. The number of unbranched alkanes of at least 4 members (excludes halogenated alkanes) is 26. The van der Waals surface area contributed by atoms with E-state index in [2.05, 4.69) is 169 Å². The van der Waals surface area contributed by atoms with Gasteiger partial charge in [-0.05, 0) is 83.5 Å². The molecule has 3 heteroatoms. The Morgan fingerprint density at radius 2 is 0.373 bits per heavy atom. The molecule has 1 atom stereocenters. The summed E-state index contributed by atoms with van der Waals surface area (Å²) in [6.07, 6.45) is 71.3. The SMILES string of the molecule is C=CCCCC.C=CCCCC.C=CCCCC.C=CCCCC.C=CCCCC.C=CCCCC.C=CCCCC.C=CCCCC.C=CCCCC.C=CCCCC.C=CCCCC.C=CCCCC.CCCCCOCC(O)CO. The van der Waals surface area contributed by atoms with Crippen LogP contribution in [-0.2, 0) is 4.74 Å². The van der Waals surface area contributed by atoms with Crippen LogP contribution in [0.25, 0.3) is 0 Å². The van der Waals surface area contributed by atoms with Gasteiger partial charge >= 0.3 is 0 Å². The van der Waals surface area contributed by atoms with E-state index >= 15 is 0 Å². The van der Waals surface area contributed by atoms with Crippen molar-refractivity contribution in [1.29, 1.82) is 0 Å². The van der Waals surface area contributed by atoms with Gasteiger partial charge in [-0.3, -0.25) is 0 Å². The quantitative estimate of drug-likeness (QED) is 0.0473. The average Bonchev–Trinajstić information content (AvgIpc) is 3.52. The Hall–Kier alpha value is -3.24. The molecule has 83 heavy (non-hydrogen) atoms. The smallest absolute Gasteiger partial charge is 0.100 e. The van der Waals surface area contributed by atoms with E-state index in [-0.39, 0.29) is 13.2 Å². The molecule has 0 aromatic rings. The maximum Gasteiger partial charge on any atom is 0.100 e. The third-order valence-electron chi connectivity index (χ3n) is 10.6. The van der Waals surface area contributed by atoms with Gasteiger partial charge in [0.1, 0.15) is 6.10 Å². The third kappa shape index (κ3) is 266. The first kappa shape index (κ1) is 111. The van der Waals surface area contributed by atoms with Crippen LogP contribution < -0.4 is 0 Å². The van der Waals surface area contributed by atoms with Gasteiger partial charge in [-0.1, -0.05) is 330 Å². The lowest BCUT2D eigenvalue weighted by molar-refractivity contribution is 0.00533. The van der Waals surface area contributed by atoms with Crippen molar-refractivity contribution >= 4 is 0 Å². The molecule has 0 heterocycles. The summed E-state index contributed by atoms with van der Waals surface area (Å²) in [5.41, 5.74) is 0. The Balaban J connectivity index is -0.0000000584. The van der Waals surface area contributed by atoms with Crippen molar-refractivity contribution in [1.82, 2.24) is 0 Å². The molecular weight excluding hydrogens is 1010 g/mol. The summed E-state index contributed by atoms with van der Waals surface area (Å²) in [4.78, 5) is 0. The molecule has 500 valence electrons. The van der Waals surface area contributed by atoms with Crippen molar-refractivity contribution in [2.24, 2.45) is 0 Å². The zero-order valence-corrected chi connectivity index (χ0v) is 60.0. The van der Waals surface area contributed by atoms with Gasteiger partial charge in [-0.15, -0.1) is 78.9 Å². The molecule has 0 fully saturated rings. The summed E-state index contributed by atoms with van der Waals surface area (Å²) in [5, 5.41) is 17.2. The minimum Gasteiger partial charge on any atom is -0.394 e. The number of allylic oxidation sites excluding steroid dienone is 12. The molecule has 1 unspecified atom stereocenters. The van der Waals surface area contributed by atoms with Crippen LogP contribution in [0.3, 0.4) is 0 Å². The summed E-state index contributed by atoms with van der Waals surface area (Å²) in [7, 11) is 0. The highest BCUT2D eigenvalue weighted by molar-refractivity contribution is 4.69. The molecule has 0 aliphatic carbocycles. The van der Waals surface area contributed by atoms with E-state index in [1.807, 2.05) is 72.9 Å². The molecule has 0 saturated heterocycles. The van der Waals surface area contributed by atoms with Crippen molar-refractivity contribution in [3.63, 3.8) is 0 Å². The van der Waals surface area contributed by atoms with E-state index in [0.29, 0.717) is 6.61 Å². The number of rotatable bonds is 43. The normalized spacial score (nSPS) is 8.86. The lowest BCUT2D eigenvalue weighted by atomic mass is 10.3. The summed E-state index contributed by atoms with van der Waals surface area (Å²) in [6.45, 7) is 72.2. The molecule has 0 aliphatic rings. The first-order valence-electron chi connectivity index (χ1n) is 34.5. The number of hydrogen-bond acceptors (Lipinski definition) is 3. The highest BCUT2D eigenvalue weighted by atomic mass is 16.5. The lowest BCUT2D eigenvalue weighted by Gasteiger charge is -2.07. The van der Waals surface area contributed by atoms with Crippen LogP contribution in [0.15, 0.2) is 152 Å². The fourth-order valence-corrected chi connectivity index (χ4v) is 4.91. The zero-order valence-electron chi connectivity index (χ0n) is 60.0. The predicted octanol–water partition coefficient (Wildman–Crippen LogP) is 28.9. The van der Waals surface area contributed by atoms with E-state index in [1.54, 1.807) is 0 Å². The van der Waals surface area contributed by atoms with Crippen LogP contribution in [0, 0.1) is 0 Å².